The average Bonchev–Trinajstić information content (AvgIpc) is 2.59. The van der Waals surface area contributed by atoms with Crippen LogP contribution in [0.15, 0.2) is 18.2 Å². The Morgan fingerprint density at radius 2 is 2.19 bits per heavy atom. The van der Waals surface area contributed by atoms with E-state index in [0.29, 0.717) is 12.1 Å². The van der Waals surface area contributed by atoms with Gasteiger partial charge in [-0.15, -0.1) is 0 Å². The Morgan fingerprint density at radius 1 is 1.38 bits per heavy atom. The number of halogens is 1. The minimum absolute atomic E-state index is 0.252. The van der Waals surface area contributed by atoms with Gasteiger partial charge in [-0.05, 0) is 31.5 Å². The lowest BCUT2D eigenvalue weighted by Crippen LogP contribution is -2.02. The van der Waals surface area contributed by atoms with E-state index in [4.69, 9.17) is 5.73 Å². The number of hydrogen-bond donors (Lipinski definition) is 1. The Labute approximate surface area is 94.1 Å². The van der Waals surface area contributed by atoms with E-state index < -0.39 is 0 Å². The lowest BCUT2D eigenvalue weighted by atomic mass is 10.2. The summed E-state index contributed by atoms with van der Waals surface area (Å²) in [5.74, 6) is 0.673. The van der Waals surface area contributed by atoms with Crippen LogP contribution in [0.1, 0.15) is 18.7 Å². The first-order valence-electron chi connectivity index (χ1n) is 5.54. The van der Waals surface area contributed by atoms with Crippen LogP contribution in [0.3, 0.4) is 0 Å². The number of rotatable bonds is 4. The molecule has 0 aliphatic carbocycles. The van der Waals surface area contributed by atoms with Gasteiger partial charge >= 0.3 is 0 Å². The molecule has 4 heteroatoms. The number of unbranched alkanes of at least 4 members (excludes halogenated alkanes) is 1. The van der Waals surface area contributed by atoms with Crippen LogP contribution in [0.4, 0.5) is 4.39 Å². The first-order valence-corrected chi connectivity index (χ1v) is 5.54. The van der Waals surface area contributed by atoms with Gasteiger partial charge in [-0.25, -0.2) is 9.37 Å². The first kappa shape index (κ1) is 11.1. The van der Waals surface area contributed by atoms with Crippen LogP contribution < -0.4 is 5.73 Å². The van der Waals surface area contributed by atoms with E-state index in [0.717, 1.165) is 30.6 Å². The Bertz CT molecular complexity index is 490. The number of fused-ring (bicyclic) bond motifs is 1. The zero-order chi connectivity index (χ0) is 11.5. The highest BCUT2D eigenvalue weighted by Crippen LogP contribution is 2.18. The van der Waals surface area contributed by atoms with E-state index in [2.05, 4.69) is 4.98 Å². The summed E-state index contributed by atoms with van der Waals surface area (Å²) in [5.41, 5.74) is 6.76. The zero-order valence-electron chi connectivity index (χ0n) is 9.41. The highest BCUT2D eigenvalue weighted by molar-refractivity contribution is 5.76. The van der Waals surface area contributed by atoms with Crippen molar-refractivity contribution >= 4 is 11.0 Å². The summed E-state index contributed by atoms with van der Waals surface area (Å²) in [7, 11) is 1.92. The second-order valence-corrected chi connectivity index (χ2v) is 3.94. The highest BCUT2D eigenvalue weighted by Gasteiger charge is 2.10. The van der Waals surface area contributed by atoms with Crippen molar-refractivity contribution in [3.63, 3.8) is 0 Å². The van der Waals surface area contributed by atoms with Crippen LogP contribution in [-0.4, -0.2) is 16.1 Å². The molecule has 0 aliphatic heterocycles. The minimum atomic E-state index is -0.252. The number of nitrogens with zero attached hydrogens (tertiary/aromatic N) is 2. The molecule has 1 aromatic heterocycles. The zero-order valence-corrected chi connectivity index (χ0v) is 9.41. The predicted octanol–water partition coefficient (Wildman–Crippen LogP) is 1.99. The van der Waals surface area contributed by atoms with Gasteiger partial charge in [0.05, 0.1) is 5.52 Å². The molecule has 0 atom stereocenters. The molecule has 1 aromatic carbocycles. The molecule has 0 amide bonds. The third-order valence-corrected chi connectivity index (χ3v) is 2.81. The summed E-state index contributed by atoms with van der Waals surface area (Å²) in [4.78, 5) is 4.33. The number of benzene rings is 1. The Morgan fingerprint density at radius 3 is 2.88 bits per heavy atom. The highest BCUT2D eigenvalue weighted by atomic mass is 19.1. The van der Waals surface area contributed by atoms with Gasteiger partial charge in [-0.1, -0.05) is 6.07 Å². The molecule has 16 heavy (non-hydrogen) atoms. The lowest BCUT2D eigenvalue weighted by Gasteiger charge is -2.01. The SMILES string of the molecule is Cn1c(CCCCN)nc2c(F)cccc21. The molecule has 0 unspecified atom stereocenters. The van der Waals surface area contributed by atoms with Crippen molar-refractivity contribution in [3.8, 4) is 0 Å². The summed E-state index contributed by atoms with van der Waals surface area (Å²) in [6, 6.07) is 5.04. The van der Waals surface area contributed by atoms with Gasteiger partial charge in [-0.2, -0.15) is 0 Å². The van der Waals surface area contributed by atoms with Gasteiger partial charge < -0.3 is 10.3 Å². The summed E-state index contributed by atoms with van der Waals surface area (Å²) < 4.78 is 15.4. The van der Waals surface area contributed by atoms with Crippen LogP contribution in [0.5, 0.6) is 0 Å². The molecule has 3 nitrogen and oxygen atoms in total. The van der Waals surface area contributed by atoms with Crippen molar-refractivity contribution in [2.75, 3.05) is 6.54 Å². The van der Waals surface area contributed by atoms with Crippen molar-refractivity contribution in [1.82, 2.24) is 9.55 Å². The molecule has 0 saturated carbocycles. The fourth-order valence-corrected chi connectivity index (χ4v) is 1.88. The Balaban J connectivity index is 2.33. The second kappa shape index (κ2) is 4.61. The summed E-state index contributed by atoms with van der Waals surface area (Å²) in [6.45, 7) is 0.693. The molecular formula is C12H16FN3. The topological polar surface area (TPSA) is 43.8 Å². The molecule has 0 saturated heterocycles. The lowest BCUT2D eigenvalue weighted by molar-refractivity contribution is 0.636. The maximum atomic E-state index is 13.5. The number of aromatic nitrogens is 2. The van der Waals surface area contributed by atoms with Crippen LogP contribution in [-0.2, 0) is 13.5 Å². The second-order valence-electron chi connectivity index (χ2n) is 3.94. The number of aryl methyl sites for hydroxylation is 2. The minimum Gasteiger partial charge on any atom is -0.331 e. The normalized spacial score (nSPS) is 11.2. The molecule has 0 fully saturated rings. The largest absolute Gasteiger partial charge is 0.331 e. The number of hydrogen-bond acceptors (Lipinski definition) is 2. The van der Waals surface area contributed by atoms with Gasteiger partial charge in [0.2, 0.25) is 0 Å². The monoisotopic (exact) mass is 221 g/mol. The number of para-hydroxylation sites is 1. The van der Waals surface area contributed by atoms with Crippen molar-refractivity contribution < 1.29 is 4.39 Å². The summed E-state index contributed by atoms with van der Waals surface area (Å²) in [5, 5.41) is 0. The molecule has 2 rings (SSSR count). The van der Waals surface area contributed by atoms with Crippen molar-refractivity contribution in [3.05, 3.63) is 29.8 Å². The fourth-order valence-electron chi connectivity index (χ4n) is 1.88. The molecule has 2 aromatic rings. The standard InChI is InChI=1S/C12H16FN3/c1-16-10-6-4-5-9(13)12(10)15-11(16)7-2-3-8-14/h4-6H,2-3,7-8,14H2,1H3. The predicted molar refractivity (Wildman–Crippen MR) is 62.7 cm³/mol. The van der Waals surface area contributed by atoms with Gasteiger partial charge in [0, 0.05) is 13.5 Å². The van der Waals surface area contributed by atoms with E-state index >= 15 is 0 Å². The van der Waals surface area contributed by atoms with E-state index in [-0.39, 0.29) is 5.82 Å². The third kappa shape index (κ3) is 1.93. The van der Waals surface area contributed by atoms with Crippen molar-refractivity contribution in [2.45, 2.75) is 19.3 Å². The van der Waals surface area contributed by atoms with Crippen LogP contribution >= 0.6 is 0 Å². The van der Waals surface area contributed by atoms with E-state index in [1.807, 2.05) is 17.7 Å². The quantitative estimate of drug-likeness (QED) is 0.802. The summed E-state index contributed by atoms with van der Waals surface area (Å²) >= 11 is 0. The Kier molecular flexibility index (Phi) is 3.19. The molecule has 0 radical (unpaired) electrons. The number of imidazole rings is 1. The Hall–Kier alpha value is -1.42. The van der Waals surface area contributed by atoms with Crippen LogP contribution in [0.2, 0.25) is 0 Å². The van der Waals surface area contributed by atoms with Crippen molar-refractivity contribution in [1.29, 1.82) is 0 Å². The van der Waals surface area contributed by atoms with Gasteiger partial charge in [-0.3, -0.25) is 0 Å². The molecule has 0 aliphatic rings. The molecule has 1 heterocycles. The molecular weight excluding hydrogens is 205 g/mol. The maximum Gasteiger partial charge on any atom is 0.151 e. The third-order valence-electron chi connectivity index (χ3n) is 2.81. The fraction of sp³-hybridized carbons (Fsp3) is 0.417. The molecule has 0 bridgehead atoms. The van der Waals surface area contributed by atoms with Crippen LogP contribution in [0.25, 0.3) is 11.0 Å². The first-order chi connectivity index (χ1) is 7.74. The van der Waals surface area contributed by atoms with Gasteiger partial charge in [0.25, 0.3) is 0 Å². The van der Waals surface area contributed by atoms with Crippen LogP contribution in [0, 0.1) is 5.82 Å². The molecule has 2 N–H and O–H groups in total. The summed E-state index contributed by atoms with van der Waals surface area (Å²) in [6.07, 6.45) is 2.82. The average molecular weight is 221 g/mol. The molecule has 86 valence electrons. The van der Waals surface area contributed by atoms with E-state index in [1.165, 1.54) is 6.07 Å². The van der Waals surface area contributed by atoms with E-state index in [1.54, 1.807) is 6.07 Å². The number of nitrogens with two attached hydrogens (primary N) is 1. The van der Waals surface area contributed by atoms with E-state index in [9.17, 15) is 4.39 Å². The molecule has 0 spiro atoms. The smallest absolute Gasteiger partial charge is 0.151 e. The maximum absolute atomic E-state index is 13.5. The van der Waals surface area contributed by atoms with Gasteiger partial charge in [0.15, 0.2) is 5.82 Å². The van der Waals surface area contributed by atoms with Gasteiger partial charge in [0.1, 0.15) is 11.3 Å². The van der Waals surface area contributed by atoms with Crippen molar-refractivity contribution in [2.24, 2.45) is 12.8 Å².